The van der Waals surface area contributed by atoms with Crippen molar-refractivity contribution in [2.45, 2.75) is 17.2 Å². The molecule has 0 spiro atoms. The van der Waals surface area contributed by atoms with Crippen molar-refractivity contribution >= 4 is 27.3 Å². The lowest BCUT2D eigenvalue weighted by Crippen LogP contribution is -2.40. The second-order valence-corrected chi connectivity index (χ2v) is 7.88. The molecular formula is C15H16N6O5S. The summed E-state index contributed by atoms with van der Waals surface area (Å²) in [5, 5.41) is 16.9. The van der Waals surface area contributed by atoms with Crippen molar-refractivity contribution in [3.05, 3.63) is 46.3 Å². The van der Waals surface area contributed by atoms with Gasteiger partial charge in [-0.25, -0.2) is 18.4 Å². The van der Waals surface area contributed by atoms with Crippen LogP contribution in [0.4, 0.5) is 17.3 Å². The zero-order chi connectivity index (χ0) is 19.2. The van der Waals surface area contributed by atoms with E-state index < -0.39 is 27.2 Å². The first-order valence-corrected chi connectivity index (χ1v) is 9.53. The molecule has 1 saturated heterocycles. The molecule has 0 amide bonds. The van der Waals surface area contributed by atoms with Crippen molar-refractivity contribution in [2.75, 3.05) is 30.8 Å². The van der Waals surface area contributed by atoms with E-state index in [1.54, 1.807) is 7.05 Å². The van der Waals surface area contributed by atoms with Gasteiger partial charge in [0.05, 0.1) is 28.0 Å². The SMILES string of the molecule is CNc1ncnc2c1[C@@H]1OC[C@H](CN2)N1S(=O)(=O)c1ccc([N+](=O)[O-])cc1. The highest BCUT2D eigenvalue weighted by molar-refractivity contribution is 7.89. The summed E-state index contributed by atoms with van der Waals surface area (Å²) < 4.78 is 33.6. The average Bonchev–Trinajstić information content (AvgIpc) is 3.01. The maximum atomic E-state index is 13.3. The Morgan fingerprint density at radius 2 is 2.07 bits per heavy atom. The molecule has 4 rings (SSSR count). The molecule has 0 saturated carbocycles. The van der Waals surface area contributed by atoms with E-state index in [1.165, 1.54) is 34.9 Å². The Kier molecular flexibility index (Phi) is 4.17. The van der Waals surface area contributed by atoms with E-state index in [9.17, 15) is 18.5 Å². The molecule has 2 aromatic rings. The Hall–Kier alpha value is -2.83. The summed E-state index contributed by atoms with van der Waals surface area (Å²) in [7, 11) is -2.29. The van der Waals surface area contributed by atoms with Gasteiger partial charge in [-0.2, -0.15) is 4.31 Å². The summed E-state index contributed by atoms with van der Waals surface area (Å²) in [5.74, 6) is 0.967. The molecule has 27 heavy (non-hydrogen) atoms. The van der Waals surface area contributed by atoms with Crippen molar-refractivity contribution in [3.63, 3.8) is 0 Å². The number of non-ortho nitro benzene ring substituents is 1. The predicted molar refractivity (Wildman–Crippen MR) is 94.7 cm³/mol. The van der Waals surface area contributed by atoms with Crippen molar-refractivity contribution in [1.82, 2.24) is 14.3 Å². The van der Waals surface area contributed by atoms with Crippen LogP contribution in [0.3, 0.4) is 0 Å². The summed E-state index contributed by atoms with van der Waals surface area (Å²) >= 11 is 0. The first kappa shape index (κ1) is 17.6. The van der Waals surface area contributed by atoms with Crippen molar-refractivity contribution in [2.24, 2.45) is 0 Å². The van der Waals surface area contributed by atoms with Crippen LogP contribution in [0.2, 0.25) is 0 Å². The quantitative estimate of drug-likeness (QED) is 0.574. The lowest BCUT2D eigenvalue weighted by atomic mass is 10.2. The third-order valence-electron chi connectivity index (χ3n) is 4.53. The van der Waals surface area contributed by atoms with Gasteiger partial charge in [0.1, 0.15) is 18.0 Å². The van der Waals surface area contributed by atoms with E-state index in [0.29, 0.717) is 23.7 Å². The zero-order valence-electron chi connectivity index (χ0n) is 14.2. The lowest BCUT2D eigenvalue weighted by Gasteiger charge is -2.25. The van der Waals surface area contributed by atoms with Gasteiger partial charge in [-0.3, -0.25) is 10.1 Å². The number of fused-ring (bicyclic) bond motifs is 4. The molecule has 1 fully saturated rings. The van der Waals surface area contributed by atoms with E-state index >= 15 is 0 Å². The number of aromatic nitrogens is 2. The average molecular weight is 392 g/mol. The molecule has 2 bridgehead atoms. The molecule has 142 valence electrons. The van der Waals surface area contributed by atoms with E-state index in [-0.39, 0.29) is 17.2 Å². The Balaban J connectivity index is 1.79. The number of nitrogens with zero attached hydrogens (tertiary/aromatic N) is 4. The van der Waals surface area contributed by atoms with Crippen LogP contribution in [0, 0.1) is 10.1 Å². The van der Waals surface area contributed by atoms with Gasteiger partial charge >= 0.3 is 0 Å². The number of nitrogens with one attached hydrogen (secondary N) is 2. The van der Waals surface area contributed by atoms with Crippen LogP contribution in [0.15, 0.2) is 35.5 Å². The highest BCUT2D eigenvalue weighted by Crippen LogP contribution is 2.43. The summed E-state index contributed by atoms with van der Waals surface area (Å²) in [5.41, 5.74) is 0.326. The van der Waals surface area contributed by atoms with E-state index in [4.69, 9.17) is 4.74 Å². The highest BCUT2D eigenvalue weighted by atomic mass is 32.2. The summed E-state index contributed by atoms with van der Waals surface area (Å²) in [4.78, 5) is 18.5. The molecule has 1 aromatic heterocycles. The summed E-state index contributed by atoms with van der Waals surface area (Å²) in [6.07, 6.45) is 0.482. The van der Waals surface area contributed by atoms with Gasteiger partial charge in [0, 0.05) is 25.7 Å². The van der Waals surface area contributed by atoms with Crippen molar-refractivity contribution in [1.29, 1.82) is 0 Å². The van der Waals surface area contributed by atoms with E-state index in [2.05, 4.69) is 20.6 Å². The molecule has 2 aliphatic rings. The number of benzene rings is 1. The minimum Gasteiger partial charge on any atom is -0.373 e. The Bertz CT molecular complexity index is 996. The minimum absolute atomic E-state index is 0.0418. The van der Waals surface area contributed by atoms with Gasteiger partial charge in [0.2, 0.25) is 10.0 Å². The number of ether oxygens (including phenoxy) is 1. The molecule has 2 atom stereocenters. The second kappa shape index (κ2) is 6.40. The number of sulfonamides is 1. The smallest absolute Gasteiger partial charge is 0.269 e. The van der Waals surface area contributed by atoms with Crippen LogP contribution in [-0.2, 0) is 14.8 Å². The topological polar surface area (TPSA) is 140 Å². The number of hydrogen-bond acceptors (Lipinski definition) is 9. The number of nitro benzene ring substituents is 1. The molecule has 12 heteroatoms. The molecule has 1 aromatic carbocycles. The van der Waals surface area contributed by atoms with Crippen LogP contribution in [-0.4, -0.2) is 53.9 Å². The standard InChI is InChI=1S/C15H16N6O5S/c1-16-13-12-14(19-8-18-13)17-6-10-7-26-15(12)20(10)27(24,25)11-4-2-9(3-5-11)21(22)23/h2-5,8,10,15H,6-7H2,1H3,(H2,16,17,18,19)/t10-,15-/m0/s1. The molecule has 11 nitrogen and oxygen atoms in total. The largest absolute Gasteiger partial charge is 0.373 e. The van der Waals surface area contributed by atoms with Crippen LogP contribution < -0.4 is 10.6 Å². The molecule has 0 unspecified atom stereocenters. The third-order valence-corrected chi connectivity index (χ3v) is 6.45. The van der Waals surface area contributed by atoms with Gasteiger partial charge in [-0.1, -0.05) is 0 Å². The first-order valence-electron chi connectivity index (χ1n) is 8.09. The molecule has 0 aliphatic carbocycles. The molecule has 2 N–H and O–H groups in total. The maximum Gasteiger partial charge on any atom is 0.269 e. The maximum absolute atomic E-state index is 13.3. The van der Waals surface area contributed by atoms with Crippen LogP contribution in [0.25, 0.3) is 0 Å². The number of anilines is 2. The predicted octanol–water partition coefficient (Wildman–Crippen LogP) is 0.940. The fraction of sp³-hybridized carbons (Fsp3) is 0.333. The van der Waals surface area contributed by atoms with Gasteiger partial charge < -0.3 is 15.4 Å². The minimum atomic E-state index is -3.97. The van der Waals surface area contributed by atoms with Crippen LogP contribution in [0.5, 0.6) is 0 Å². The Morgan fingerprint density at radius 1 is 1.33 bits per heavy atom. The van der Waals surface area contributed by atoms with Crippen molar-refractivity contribution < 1.29 is 18.1 Å². The third kappa shape index (κ3) is 2.78. The number of nitro groups is 1. The number of rotatable bonds is 4. The monoisotopic (exact) mass is 392 g/mol. The normalized spacial score (nSPS) is 21.8. The van der Waals surface area contributed by atoms with Gasteiger partial charge in [0.15, 0.2) is 6.23 Å². The first-order chi connectivity index (χ1) is 12.9. The van der Waals surface area contributed by atoms with Gasteiger partial charge in [0.25, 0.3) is 5.69 Å². The number of hydrogen-bond donors (Lipinski definition) is 2. The van der Waals surface area contributed by atoms with Crippen LogP contribution >= 0.6 is 0 Å². The van der Waals surface area contributed by atoms with Gasteiger partial charge in [-0.05, 0) is 12.1 Å². The van der Waals surface area contributed by atoms with Crippen molar-refractivity contribution in [3.8, 4) is 0 Å². The second-order valence-electron chi connectivity index (χ2n) is 6.04. The Labute approximate surface area is 154 Å². The molecule has 0 radical (unpaired) electrons. The fourth-order valence-electron chi connectivity index (χ4n) is 3.27. The fourth-order valence-corrected chi connectivity index (χ4v) is 4.94. The van der Waals surface area contributed by atoms with Crippen LogP contribution in [0.1, 0.15) is 11.8 Å². The molecule has 3 heterocycles. The van der Waals surface area contributed by atoms with E-state index in [1.807, 2.05) is 0 Å². The Morgan fingerprint density at radius 3 is 2.74 bits per heavy atom. The highest BCUT2D eigenvalue weighted by Gasteiger charge is 2.48. The van der Waals surface area contributed by atoms with Gasteiger partial charge in [-0.15, -0.1) is 0 Å². The summed E-state index contributed by atoms with van der Waals surface area (Å²) in [6.45, 7) is 0.525. The zero-order valence-corrected chi connectivity index (χ0v) is 15.0. The molecule has 2 aliphatic heterocycles. The van der Waals surface area contributed by atoms with E-state index in [0.717, 1.165) is 0 Å². The lowest BCUT2D eigenvalue weighted by molar-refractivity contribution is -0.384. The summed E-state index contributed by atoms with van der Waals surface area (Å²) in [6, 6.07) is 4.34. The molecular weight excluding hydrogens is 376 g/mol.